The van der Waals surface area contributed by atoms with Gasteiger partial charge < -0.3 is 5.32 Å². The summed E-state index contributed by atoms with van der Waals surface area (Å²) < 4.78 is 12.5. The molecule has 0 aliphatic carbocycles. The van der Waals surface area contributed by atoms with E-state index in [4.69, 9.17) is 11.6 Å². The molecule has 0 bridgehead atoms. The first-order chi connectivity index (χ1) is 11.6. The van der Waals surface area contributed by atoms with E-state index in [1.54, 1.807) is 19.2 Å². The summed E-state index contributed by atoms with van der Waals surface area (Å²) in [6.07, 6.45) is 2.85. The number of amidine groups is 1. The maximum Gasteiger partial charge on any atom is 0.115 e. The molecule has 0 radical (unpaired) electrons. The highest BCUT2D eigenvalue weighted by Crippen LogP contribution is 2.26. The van der Waals surface area contributed by atoms with E-state index in [1.807, 2.05) is 47.6 Å². The lowest BCUT2D eigenvalue weighted by Gasteiger charge is -2.07. The number of aliphatic imine (C=N–C) groups is 1. The Morgan fingerprint density at radius 3 is 2.29 bits per heavy atom. The van der Waals surface area contributed by atoms with Crippen LogP contribution in [0.2, 0.25) is 5.02 Å². The van der Waals surface area contributed by atoms with Crippen LogP contribution >= 0.6 is 11.6 Å². The fourth-order valence-corrected chi connectivity index (χ4v) is 1.68. The van der Waals surface area contributed by atoms with Crippen LogP contribution in [0, 0.1) is 0 Å². The molecule has 0 atom stereocenters. The lowest BCUT2D eigenvalue weighted by Crippen LogP contribution is -2.06. The molecule has 1 aromatic carbocycles. The van der Waals surface area contributed by atoms with E-state index in [2.05, 4.69) is 20.5 Å². The Labute approximate surface area is 150 Å². The van der Waals surface area contributed by atoms with Crippen molar-refractivity contribution in [2.24, 2.45) is 4.99 Å². The van der Waals surface area contributed by atoms with Gasteiger partial charge in [-0.2, -0.15) is 5.10 Å². The summed E-state index contributed by atoms with van der Waals surface area (Å²) in [7, 11) is 0. The summed E-state index contributed by atoms with van der Waals surface area (Å²) >= 11 is 6.11. The SMILES string of the molecule is CC.CC.CC.CC(=N/C=C(\C)F)Nc1cc2cn[nH]c2cc1Cl. The standard InChI is InChI=1S/C12H12ClFN4.3C2H6/c1-7(14)5-15-8(2)17-12-3-9-6-16-18-11(9)4-10(12)13;3*1-2/h3-6H,1-2H3,(H,15,17)(H,16,18);3*1-2H3/b7-5+;;;. The molecule has 136 valence electrons. The maximum absolute atomic E-state index is 12.5. The number of anilines is 1. The molecule has 0 fully saturated rings. The molecule has 0 saturated heterocycles. The average molecular weight is 357 g/mol. The van der Waals surface area contributed by atoms with E-state index in [9.17, 15) is 4.39 Å². The summed E-state index contributed by atoms with van der Waals surface area (Å²) in [4.78, 5) is 3.91. The van der Waals surface area contributed by atoms with E-state index in [1.165, 1.54) is 6.92 Å². The number of allylic oxidation sites excluding steroid dienone is 1. The van der Waals surface area contributed by atoms with Crippen LogP contribution in [-0.4, -0.2) is 16.0 Å². The molecule has 6 heteroatoms. The van der Waals surface area contributed by atoms with Gasteiger partial charge in [0.05, 0.1) is 28.6 Å². The normalized spacial score (nSPS) is 10.6. The predicted octanol–water partition coefficient (Wildman–Crippen LogP) is 6.96. The molecule has 1 aromatic heterocycles. The number of fused-ring (bicyclic) bond motifs is 1. The molecule has 0 unspecified atom stereocenters. The van der Waals surface area contributed by atoms with Crippen molar-refractivity contribution in [3.8, 4) is 0 Å². The number of aromatic nitrogens is 2. The molecule has 2 rings (SSSR count). The molecule has 1 heterocycles. The predicted molar refractivity (Wildman–Crippen MR) is 107 cm³/mol. The van der Waals surface area contributed by atoms with Crippen LogP contribution in [0.4, 0.5) is 10.1 Å². The van der Waals surface area contributed by atoms with Crippen molar-refractivity contribution in [3.05, 3.63) is 35.4 Å². The summed E-state index contributed by atoms with van der Waals surface area (Å²) in [6, 6.07) is 3.63. The van der Waals surface area contributed by atoms with Crippen LogP contribution in [-0.2, 0) is 0 Å². The third kappa shape index (κ3) is 8.67. The van der Waals surface area contributed by atoms with Crippen LogP contribution in [0.5, 0.6) is 0 Å². The van der Waals surface area contributed by atoms with Gasteiger partial charge in [-0.15, -0.1) is 0 Å². The molecular weight excluding hydrogens is 327 g/mol. The van der Waals surface area contributed by atoms with Gasteiger partial charge in [0.15, 0.2) is 0 Å². The second-order valence-electron chi connectivity index (χ2n) is 3.84. The third-order valence-electron chi connectivity index (χ3n) is 2.28. The van der Waals surface area contributed by atoms with Gasteiger partial charge in [-0.3, -0.25) is 5.10 Å². The quantitative estimate of drug-likeness (QED) is 0.451. The second-order valence-corrected chi connectivity index (χ2v) is 4.25. The van der Waals surface area contributed by atoms with Crippen LogP contribution in [0.3, 0.4) is 0 Å². The van der Waals surface area contributed by atoms with Crippen molar-refractivity contribution in [2.75, 3.05) is 5.32 Å². The van der Waals surface area contributed by atoms with Crippen molar-refractivity contribution in [1.29, 1.82) is 0 Å². The van der Waals surface area contributed by atoms with Crippen LogP contribution in [0.1, 0.15) is 55.4 Å². The maximum atomic E-state index is 12.5. The highest BCUT2D eigenvalue weighted by Gasteiger charge is 2.04. The van der Waals surface area contributed by atoms with E-state index in [0.717, 1.165) is 17.1 Å². The third-order valence-corrected chi connectivity index (χ3v) is 2.59. The van der Waals surface area contributed by atoms with E-state index < -0.39 is 0 Å². The van der Waals surface area contributed by atoms with Crippen LogP contribution in [0.15, 0.2) is 35.3 Å². The van der Waals surface area contributed by atoms with Gasteiger partial charge in [-0.1, -0.05) is 53.1 Å². The first kappa shape index (κ1) is 24.4. The molecule has 2 N–H and O–H groups in total. The van der Waals surface area contributed by atoms with Gasteiger partial charge in [0.1, 0.15) is 11.7 Å². The zero-order chi connectivity index (χ0) is 19.1. The van der Waals surface area contributed by atoms with E-state index in [-0.39, 0.29) is 5.83 Å². The molecule has 0 spiro atoms. The first-order valence-corrected chi connectivity index (χ1v) is 8.70. The van der Waals surface area contributed by atoms with Crippen molar-refractivity contribution in [3.63, 3.8) is 0 Å². The van der Waals surface area contributed by atoms with Crippen LogP contribution < -0.4 is 5.32 Å². The lowest BCUT2D eigenvalue weighted by molar-refractivity contribution is 0.637. The zero-order valence-electron chi connectivity index (χ0n) is 16.0. The molecule has 4 nitrogen and oxygen atoms in total. The number of rotatable bonds is 2. The number of benzene rings is 1. The fourth-order valence-electron chi connectivity index (χ4n) is 1.47. The Kier molecular flexibility index (Phi) is 14.9. The summed E-state index contributed by atoms with van der Waals surface area (Å²) in [5.41, 5.74) is 1.57. The average Bonchev–Trinajstić information content (AvgIpc) is 3.06. The largest absolute Gasteiger partial charge is 0.343 e. The van der Waals surface area contributed by atoms with E-state index in [0.29, 0.717) is 16.5 Å². The van der Waals surface area contributed by atoms with Crippen molar-refractivity contribution < 1.29 is 4.39 Å². The Morgan fingerprint density at radius 2 is 1.75 bits per heavy atom. The molecule has 0 saturated carbocycles. The first-order valence-electron chi connectivity index (χ1n) is 8.32. The molecular formula is C18H30ClFN4. The molecule has 2 aromatic rings. The van der Waals surface area contributed by atoms with Gasteiger partial charge >= 0.3 is 0 Å². The fraction of sp³-hybridized carbons (Fsp3) is 0.444. The molecule has 0 aliphatic heterocycles. The Morgan fingerprint density at radius 1 is 1.17 bits per heavy atom. The minimum Gasteiger partial charge on any atom is -0.343 e. The van der Waals surface area contributed by atoms with Crippen LogP contribution in [0.25, 0.3) is 10.9 Å². The van der Waals surface area contributed by atoms with E-state index >= 15 is 0 Å². The smallest absolute Gasteiger partial charge is 0.115 e. The minimum atomic E-state index is -0.354. The van der Waals surface area contributed by atoms with Crippen molar-refractivity contribution in [1.82, 2.24) is 10.2 Å². The van der Waals surface area contributed by atoms with Gasteiger partial charge in [0.2, 0.25) is 0 Å². The molecule has 0 amide bonds. The molecule has 24 heavy (non-hydrogen) atoms. The number of halogens is 2. The monoisotopic (exact) mass is 356 g/mol. The van der Waals surface area contributed by atoms with Crippen molar-refractivity contribution in [2.45, 2.75) is 55.4 Å². The number of hydrogen-bond donors (Lipinski definition) is 2. The van der Waals surface area contributed by atoms with Gasteiger partial charge in [-0.25, -0.2) is 9.38 Å². The van der Waals surface area contributed by atoms with Gasteiger partial charge in [-0.05, 0) is 26.0 Å². The number of H-pyrrole nitrogens is 1. The number of nitrogens with zero attached hydrogens (tertiary/aromatic N) is 2. The summed E-state index contributed by atoms with van der Waals surface area (Å²) in [6.45, 7) is 15.1. The van der Waals surface area contributed by atoms with Gasteiger partial charge in [0, 0.05) is 5.39 Å². The second kappa shape index (κ2) is 14.7. The Balaban J connectivity index is 0. The van der Waals surface area contributed by atoms with Crippen molar-refractivity contribution >= 4 is 34.0 Å². The lowest BCUT2D eigenvalue weighted by atomic mass is 10.2. The number of hydrogen-bond acceptors (Lipinski definition) is 2. The number of aromatic amines is 1. The highest BCUT2D eigenvalue weighted by molar-refractivity contribution is 6.34. The topological polar surface area (TPSA) is 53.1 Å². The zero-order valence-corrected chi connectivity index (χ0v) is 16.7. The highest BCUT2D eigenvalue weighted by atomic mass is 35.5. The number of nitrogens with one attached hydrogen (secondary N) is 2. The Hall–Kier alpha value is -1.88. The minimum absolute atomic E-state index is 0.354. The molecule has 0 aliphatic rings. The Bertz CT molecular complexity index is 629. The van der Waals surface area contributed by atoms with Gasteiger partial charge in [0.25, 0.3) is 0 Å². The summed E-state index contributed by atoms with van der Waals surface area (Å²) in [5, 5.41) is 11.2. The summed E-state index contributed by atoms with van der Waals surface area (Å²) in [5.74, 6) is 0.198.